The number of methoxy groups -OCH3 is 1. The zero-order valence-corrected chi connectivity index (χ0v) is 12.3. The number of rotatable bonds is 4. The Morgan fingerprint density at radius 2 is 1.76 bits per heavy atom. The van der Waals surface area contributed by atoms with Crippen LogP contribution in [0.1, 0.15) is 5.56 Å². The van der Waals surface area contributed by atoms with E-state index in [9.17, 15) is 23.4 Å². The lowest BCUT2D eigenvalue weighted by Gasteiger charge is -2.15. The molecular formula is C13H17NO6S. The lowest BCUT2D eigenvalue weighted by Crippen LogP contribution is -2.30. The number of ether oxygens (including phenoxy) is 1. The van der Waals surface area contributed by atoms with Crippen molar-refractivity contribution in [3.8, 4) is 0 Å². The van der Waals surface area contributed by atoms with E-state index in [2.05, 4.69) is 4.74 Å². The number of aliphatic hydroxyl groups excluding tert-OH is 2. The fraction of sp³-hybridized carbons (Fsp3) is 0.462. The molecule has 0 aromatic heterocycles. The smallest absolute Gasteiger partial charge is 0.309 e. The fourth-order valence-corrected chi connectivity index (χ4v) is 3.57. The first-order valence-electron chi connectivity index (χ1n) is 6.36. The molecule has 1 heterocycles. The summed E-state index contributed by atoms with van der Waals surface area (Å²) in [5, 5.41) is 18.9. The summed E-state index contributed by atoms with van der Waals surface area (Å²) in [6.45, 7) is -0.263. The number of esters is 1. The molecule has 0 aliphatic carbocycles. The molecule has 2 rings (SSSR count). The Morgan fingerprint density at radius 3 is 2.24 bits per heavy atom. The van der Waals surface area contributed by atoms with Crippen molar-refractivity contribution >= 4 is 16.0 Å². The number of benzene rings is 1. The minimum atomic E-state index is -3.76. The van der Waals surface area contributed by atoms with E-state index in [0.717, 1.165) is 4.31 Å². The van der Waals surface area contributed by atoms with Crippen LogP contribution in [0.4, 0.5) is 0 Å². The molecule has 0 saturated carbocycles. The third-order valence-electron chi connectivity index (χ3n) is 3.36. The Balaban J connectivity index is 2.16. The van der Waals surface area contributed by atoms with Gasteiger partial charge in [-0.25, -0.2) is 8.42 Å². The minimum absolute atomic E-state index is 0.0532. The van der Waals surface area contributed by atoms with Gasteiger partial charge in [-0.15, -0.1) is 0 Å². The van der Waals surface area contributed by atoms with Crippen LogP contribution in [0.3, 0.4) is 0 Å². The molecule has 1 aliphatic heterocycles. The van der Waals surface area contributed by atoms with E-state index in [0.29, 0.717) is 5.56 Å². The second-order valence-corrected chi connectivity index (χ2v) is 6.79. The zero-order chi connectivity index (χ0) is 15.6. The van der Waals surface area contributed by atoms with Crippen LogP contribution in [0.2, 0.25) is 0 Å². The second kappa shape index (κ2) is 6.10. The zero-order valence-electron chi connectivity index (χ0n) is 11.5. The van der Waals surface area contributed by atoms with Crippen molar-refractivity contribution < 1.29 is 28.2 Å². The molecule has 0 unspecified atom stereocenters. The summed E-state index contributed by atoms with van der Waals surface area (Å²) >= 11 is 0. The number of hydrogen-bond donors (Lipinski definition) is 2. The van der Waals surface area contributed by atoms with Crippen molar-refractivity contribution in [1.82, 2.24) is 4.31 Å². The van der Waals surface area contributed by atoms with Gasteiger partial charge < -0.3 is 14.9 Å². The molecule has 7 nitrogen and oxygen atoms in total. The molecule has 2 N–H and O–H groups in total. The van der Waals surface area contributed by atoms with Crippen molar-refractivity contribution in [1.29, 1.82) is 0 Å². The lowest BCUT2D eigenvalue weighted by atomic mass is 10.2. The summed E-state index contributed by atoms with van der Waals surface area (Å²) < 4.78 is 30.2. The first-order chi connectivity index (χ1) is 9.84. The number of carbonyl (C=O) groups is 1. The van der Waals surface area contributed by atoms with Gasteiger partial charge >= 0.3 is 5.97 Å². The van der Waals surface area contributed by atoms with Crippen LogP contribution in [0.25, 0.3) is 0 Å². The molecule has 0 bridgehead atoms. The third kappa shape index (κ3) is 3.41. The Morgan fingerprint density at radius 1 is 1.24 bits per heavy atom. The van der Waals surface area contributed by atoms with E-state index < -0.39 is 28.2 Å². The maximum Gasteiger partial charge on any atom is 0.309 e. The highest BCUT2D eigenvalue weighted by molar-refractivity contribution is 7.89. The summed E-state index contributed by atoms with van der Waals surface area (Å²) in [6, 6.07) is 5.86. The largest absolute Gasteiger partial charge is 0.469 e. The van der Waals surface area contributed by atoms with Crippen LogP contribution in [-0.2, 0) is 26.0 Å². The predicted molar refractivity (Wildman–Crippen MR) is 72.9 cm³/mol. The maximum absolute atomic E-state index is 12.3. The Labute approximate surface area is 122 Å². The molecule has 0 spiro atoms. The average Bonchev–Trinajstić information content (AvgIpc) is 2.80. The van der Waals surface area contributed by atoms with E-state index in [-0.39, 0.29) is 24.4 Å². The van der Waals surface area contributed by atoms with Crippen LogP contribution in [-0.4, -0.2) is 61.3 Å². The maximum atomic E-state index is 12.3. The van der Waals surface area contributed by atoms with Gasteiger partial charge in [0.2, 0.25) is 10.0 Å². The van der Waals surface area contributed by atoms with Gasteiger partial charge in [0.15, 0.2) is 0 Å². The van der Waals surface area contributed by atoms with Crippen molar-refractivity contribution in [2.24, 2.45) is 0 Å². The highest BCUT2D eigenvalue weighted by atomic mass is 32.2. The normalized spacial score (nSPS) is 23.2. The molecule has 116 valence electrons. The van der Waals surface area contributed by atoms with Crippen LogP contribution < -0.4 is 0 Å². The highest BCUT2D eigenvalue weighted by Crippen LogP contribution is 2.21. The third-order valence-corrected chi connectivity index (χ3v) is 5.21. The van der Waals surface area contributed by atoms with E-state index in [1.807, 2.05) is 0 Å². The van der Waals surface area contributed by atoms with Gasteiger partial charge in [0.1, 0.15) is 0 Å². The first kappa shape index (κ1) is 15.9. The van der Waals surface area contributed by atoms with E-state index in [1.54, 1.807) is 0 Å². The summed E-state index contributed by atoms with van der Waals surface area (Å²) in [5.74, 6) is -0.406. The Bertz CT molecular complexity index is 602. The van der Waals surface area contributed by atoms with Gasteiger partial charge in [0.05, 0.1) is 30.6 Å². The molecule has 1 fully saturated rings. The number of β-amino-alcohol motifs (C(OH)–C–C–N with tert-alkyl or cyclic N) is 2. The van der Waals surface area contributed by atoms with Gasteiger partial charge in [0, 0.05) is 13.1 Å². The summed E-state index contributed by atoms with van der Waals surface area (Å²) in [4.78, 5) is 11.2. The van der Waals surface area contributed by atoms with Crippen LogP contribution >= 0.6 is 0 Å². The van der Waals surface area contributed by atoms with E-state index in [4.69, 9.17) is 0 Å². The van der Waals surface area contributed by atoms with Gasteiger partial charge in [-0.1, -0.05) is 12.1 Å². The van der Waals surface area contributed by atoms with Gasteiger partial charge in [-0.05, 0) is 17.7 Å². The van der Waals surface area contributed by atoms with Gasteiger partial charge in [-0.2, -0.15) is 4.31 Å². The SMILES string of the molecule is COC(=O)Cc1ccc(S(=O)(=O)N2C[C@@H](O)[C@@H](O)C2)cc1. The van der Waals surface area contributed by atoms with Crippen LogP contribution in [0.15, 0.2) is 29.2 Å². The first-order valence-corrected chi connectivity index (χ1v) is 7.80. The summed E-state index contributed by atoms with van der Waals surface area (Å²) in [6.07, 6.45) is -2.07. The molecule has 21 heavy (non-hydrogen) atoms. The number of sulfonamides is 1. The number of hydrogen-bond acceptors (Lipinski definition) is 6. The Hall–Kier alpha value is -1.48. The average molecular weight is 315 g/mol. The monoisotopic (exact) mass is 315 g/mol. The van der Waals surface area contributed by atoms with Crippen molar-refractivity contribution in [2.75, 3.05) is 20.2 Å². The fourth-order valence-electron chi connectivity index (χ4n) is 2.10. The standard InChI is InChI=1S/C13H17NO6S/c1-20-13(17)6-9-2-4-10(5-3-9)21(18,19)14-7-11(15)12(16)8-14/h2-5,11-12,15-16H,6-8H2,1H3/t11-,12+. The van der Waals surface area contributed by atoms with Gasteiger partial charge in [-0.3, -0.25) is 4.79 Å². The lowest BCUT2D eigenvalue weighted by molar-refractivity contribution is -0.139. The minimum Gasteiger partial charge on any atom is -0.469 e. The van der Waals surface area contributed by atoms with Crippen molar-refractivity contribution in [3.63, 3.8) is 0 Å². The van der Waals surface area contributed by atoms with E-state index in [1.165, 1.54) is 31.4 Å². The van der Waals surface area contributed by atoms with Crippen molar-refractivity contribution in [2.45, 2.75) is 23.5 Å². The number of carbonyl (C=O) groups excluding carboxylic acids is 1. The highest BCUT2D eigenvalue weighted by Gasteiger charge is 2.37. The quantitative estimate of drug-likeness (QED) is 0.700. The topological polar surface area (TPSA) is 104 Å². The van der Waals surface area contributed by atoms with Gasteiger partial charge in [0.25, 0.3) is 0 Å². The molecule has 1 saturated heterocycles. The Kier molecular flexibility index (Phi) is 4.62. The molecule has 2 atom stereocenters. The van der Waals surface area contributed by atoms with Crippen LogP contribution in [0, 0.1) is 0 Å². The second-order valence-electron chi connectivity index (χ2n) is 4.85. The summed E-state index contributed by atoms with van der Waals surface area (Å²) in [7, 11) is -2.48. The van der Waals surface area contributed by atoms with E-state index >= 15 is 0 Å². The molecular weight excluding hydrogens is 298 g/mol. The predicted octanol–water partition coefficient (Wildman–Crippen LogP) is -0.872. The molecule has 0 amide bonds. The molecule has 8 heteroatoms. The van der Waals surface area contributed by atoms with Crippen molar-refractivity contribution in [3.05, 3.63) is 29.8 Å². The number of nitrogens with zero attached hydrogens (tertiary/aromatic N) is 1. The molecule has 0 radical (unpaired) electrons. The van der Waals surface area contributed by atoms with Crippen LogP contribution in [0.5, 0.6) is 0 Å². The summed E-state index contributed by atoms with van der Waals surface area (Å²) in [5.41, 5.74) is 0.641. The molecule has 1 aromatic rings. The number of aliphatic hydroxyl groups is 2. The molecule has 1 aromatic carbocycles. The molecule has 1 aliphatic rings.